The fraction of sp³-hybridized carbons (Fsp3) is 0.333. The van der Waals surface area contributed by atoms with Crippen LogP contribution in [0.4, 0.5) is 5.69 Å². The van der Waals surface area contributed by atoms with Crippen LogP contribution in [0.15, 0.2) is 48.8 Å². The van der Waals surface area contributed by atoms with E-state index in [0.717, 1.165) is 53.0 Å². The van der Waals surface area contributed by atoms with Crippen LogP contribution < -0.4 is 9.64 Å². The fourth-order valence-electron chi connectivity index (χ4n) is 3.64. The summed E-state index contributed by atoms with van der Waals surface area (Å²) < 4.78 is 5.91. The molecule has 5 nitrogen and oxygen atoms in total. The van der Waals surface area contributed by atoms with Crippen LogP contribution in [0.5, 0.6) is 5.75 Å². The van der Waals surface area contributed by atoms with Crippen molar-refractivity contribution in [2.24, 2.45) is 0 Å². The lowest BCUT2D eigenvalue weighted by Gasteiger charge is -2.27. The van der Waals surface area contributed by atoms with Crippen molar-refractivity contribution >= 4 is 16.6 Å². The smallest absolute Gasteiger partial charge is 0.122 e. The summed E-state index contributed by atoms with van der Waals surface area (Å²) in [6, 6.07) is 12.3. The van der Waals surface area contributed by atoms with Gasteiger partial charge in [-0.05, 0) is 44.0 Å². The van der Waals surface area contributed by atoms with Gasteiger partial charge in [0.25, 0.3) is 0 Å². The molecule has 1 N–H and O–H groups in total. The van der Waals surface area contributed by atoms with Gasteiger partial charge in [0.1, 0.15) is 12.4 Å². The van der Waals surface area contributed by atoms with Gasteiger partial charge in [-0.1, -0.05) is 6.07 Å². The number of aliphatic hydroxyl groups excluding tert-OH is 1. The molecule has 3 aromatic rings. The lowest BCUT2D eigenvalue weighted by Crippen LogP contribution is -2.32. The molecule has 0 amide bonds. The molecule has 134 valence electrons. The molecule has 1 saturated heterocycles. The zero-order valence-electron chi connectivity index (χ0n) is 14.9. The highest BCUT2D eigenvalue weighted by Gasteiger charge is 2.25. The van der Waals surface area contributed by atoms with E-state index in [0.29, 0.717) is 6.61 Å². The van der Waals surface area contributed by atoms with Gasteiger partial charge in [-0.3, -0.25) is 9.97 Å². The maximum atomic E-state index is 9.68. The molecule has 0 spiro atoms. The van der Waals surface area contributed by atoms with E-state index in [4.69, 9.17) is 9.72 Å². The van der Waals surface area contributed by atoms with Crippen LogP contribution >= 0.6 is 0 Å². The van der Waals surface area contributed by atoms with E-state index in [2.05, 4.69) is 22.0 Å². The Labute approximate surface area is 153 Å². The lowest BCUT2D eigenvalue weighted by atomic mass is 10.1. The Morgan fingerprint density at radius 2 is 2.19 bits per heavy atom. The SMILES string of the molecule is Cc1cc(N2CCC[C@H]2CO)c2ccc(OCc3cccnc3)cc2n1. The summed E-state index contributed by atoms with van der Waals surface area (Å²) >= 11 is 0. The van der Waals surface area contributed by atoms with Gasteiger partial charge in [0.05, 0.1) is 18.2 Å². The Morgan fingerprint density at radius 1 is 1.27 bits per heavy atom. The Bertz CT molecular complexity index is 898. The van der Waals surface area contributed by atoms with Crippen molar-refractivity contribution in [2.75, 3.05) is 18.1 Å². The van der Waals surface area contributed by atoms with Gasteiger partial charge >= 0.3 is 0 Å². The number of benzene rings is 1. The topological polar surface area (TPSA) is 58.5 Å². The number of aliphatic hydroxyl groups is 1. The molecule has 1 fully saturated rings. The van der Waals surface area contributed by atoms with E-state index < -0.39 is 0 Å². The standard InChI is InChI=1S/C21H23N3O2/c1-15-10-21(24-9-3-5-17(24)13-25)19-7-6-18(11-20(19)23-15)26-14-16-4-2-8-22-12-16/h2,4,6-8,10-12,17,25H,3,5,9,13-14H2,1H3/t17-/m0/s1. The summed E-state index contributed by atoms with van der Waals surface area (Å²) in [6.07, 6.45) is 5.71. The van der Waals surface area contributed by atoms with Crippen molar-refractivity contribution in [3.8, 4) is 5.75 Å². The number of aryl methyl sites for hydroxylation is 1. The van der Waals surface area contributed by atoms with Gasteiger partial charge in [-0.2, -0.15) is 0 Å². The van der Waals surface area contributed by atoms with Crippen molar-refractivity contribution in [3.05, 3.63) is 60.0 Å². The monoisotopic (exact) mass is 349 g/mol. The second kappa shape index (κ2) is 7.30. The third-order valence-electron chi connectivity index (χ3n) is 4.91. The van der Waals surface area contributed by atoms with Gasteiger partial charge < -0.3 is 14.7 Å². The molecule has 2 aromatic heterocycles. The number of anilines is 1. The van der Waals surface area contributed by atoms with Gasteiger partial charge in [-0.15, -0.1) is 0 Å². The Balaban J connectivity index is 1.64. The quantitative estimate of drug-likeness (QED) is 0.764. The van der Waals surface area contributed by atoms with Crippen molar-refractivity contribution in [3.63, 3.8) is 0 Å². The van der Waals surface area contributed by atoms with Crippen LogP contribution in [0, 0.1) is 6.92 Å². The summed E-state index contributed by atoms with van der Waals surface area (Å²) in [6.45, 7) is 3.66. The predicted octanol–water partition coefficient (Wildman–Crippen LogP) is 3.48. The number of hydrogen-bond donors (Lipinski definition) is 1. The molecule has 0 unspecified atom stereocenters. The lowest BCUT2D eigenvalue weighted by molar-refractivity contribution is 0.266. The molecule has 4 rings (SSSR count). The molecular formula is C21H23N3O2. The van der Waals surface area contributed by atoms with Crippen molar-refractivity contribution in [2.45, 2.75) is 32.4 Å². The zero-order valence-corrected chi connectivity index (χ0v) is 14.9. The van der Waals surface area contributed by atoms with E-state index >= 15 is 0 Å². The predicted molar refractivity (Wildman–Crippen MR) is 103 cm³/mol. The number of nitrogens with zero attached hydrogens (tertiary/aromatic N) is 3. The highest BCUT2D eigenvalue weighted by atomic mass is 16.5. The second-order valence-corrected chi connectivity index (χ2v) is 6.78. The fourth-order valence-corrected chi connectivity index (χ4v) is 3.64. The average molecular weight is 349 g/mol. The minimum atomic E-state index is 0.190. The molecule has 1 atom stereocenters. The van der Waals surface area contributed by atoms with Crippen LogP contribution in [-0.2, 0) is 6.61 Å². The zero-order chi connectivity index (χ0) is 17.9. The van der Waals surface area contributed by atoms with E-state index in [-0.39, 0.29) is 12.6 Å². The van der Waals surface area contributed by atoms with Crippen LogP contribution in [0.3, 0.4) is 0 Å². The molecule has 0 aliphatic carbocycles. The molecule has 5 heteroatoms. The summed E-state index contributed by atoms with van der Waals surface area (Å²) in [5, 5.41) is 10.8. The van der Waals surface area contributed by atoms with Crippen LogP contribution in [0.2, 0.25) is 0 Å². The Hall–Kier alpha value is -2.66. The highest BCUT2D eigenvalue weighted by Crippen LogP contribution is 2.33. The molecule has 26 heavy (non-hydrogen) atoms. The van der Waals surface area contributed by atoms with Crippen LogP contribution in [-0.4, -0.2) is 34.3 Å². The van der Waals surface area contributed by atoms with E-state index in [9.17, 15) is 5.11 Å². The van der Waals surface area contributed by atoms with Crippen molar-refractivity contribution in [1.82, 2.24) is 9.97 Å². The molecule has 1 aromatic carbocycles. The molecular weight excluding hydrogens is 326 g/mol. The van der Waals surface area contributed by atoms with Gasteiger partial charge in [0.15, 0.2) is 0 Å². The molecule has 1 aliphatic rings. The first-order chi connectivity index (χ1) is 12.7. The number of fused-ring (bicyclic) bond motifs is 1. The minimum absolute atomic E-state index is 0.190. The van der Waals surface area contributed by atoms with Gasteiger partial charge in [0.2, 0.25) is 0 Å². The molecule has 0 radical (unpaired) electrons. The third kappa shape index (κ3) is 3.35. The summed E-state index contributed by atoms with van der Waals surface area (Å²) in [7, 11) is 0. The summed E-state index contributed by atoms with van der Waals surface area (Å²) in [4.78, 5) is 11.1. The number of aromatic nitrogens is 2. The molecule has 1 aliphatic heterocycles. The largest absolute Gasteiger partial charge is 0.489 e. The number of pyridine rings is 2. The molecule has 0 saturated carbocycles. The summed E-state index contributed by atoms with van der Waals surface area (Å²) in [5.74, 6) is 0.797. The van der Waals surface area contributed by atoms with E-state index in [1.54, 1.807) is 6.20 Å². The number of hydrogen-bond acceptors (Lipinski definition) is 5. The normalized spacial score (nSPS) is 17.0. The number of ether oxygens (including phenoxy) is 1. The van der Waals surface area contributed by atoms with E-state index in [1.807, 2.05) is 37.4 Å². The highest BCUT2D eigenvalue weighted by molar-refractivity contribution is 5.93. The Kier molecular flexibility index (Phi) is 4.71. The van der Waals surface area contributed by atoms with Gasteiger partial charge in [-0.25, -0.2) is 0 Å². The first-order valence-corrected chi connectivity index (χ1v) is 9.05. The molecule has 3 heterocycles. The first-order valence-electron chi connectivity index (χ1n) is 9.05. The maximum absolute atomic E-state index is 9.68. The third-order valence-corrected chi connectivity index (χ3v) is 4.91. The average Bonchev–Trinajstić information content (AvgIpc) is 3.15. The first kappa shape index (κ1) is 16.8. The minimum Gasteiger partial charge on any atom is -0.489 e. The second-order valence-electron chi connectivity index (χ2n) is 6.78. The van der Waals surface area contributed by atoms with Crippen molar-refractivity contribution in [1.29, 1.82) is 0 Å². The van der Waals surface area contributed by atoms with E-state index in [1.165, 1.54) is 0 Å². The van der Waals surface area contributed by atoms with Crippen LogP contribution in [0.1, 0.15) is 24.1 Å². The molecule has 0 bridgehead atoms. The van der Waals surface area contributed by atoms with Crippen LogP contribution in [0.25, 0.3) is 10.9 Å². The number of rotatable bonds is 5. The Morgan fingerprint density at radius 3 is 3.00 bits per heavy atom. The summed E-state index contributed by atoms with van der Waals surface area (Å²) in [5.41, 5.74) is 4.09. The van der Waals surface area contributed by atoms with Crippen molar-refractivity contribution < 1.29 is 9.84 Å². The van der Waals surface area contributed by atoms with Gasteiger partial charge in [0, 0.05) is 47.3 Å². The maximum Gasteiger partial charge on any atom is 0.122 e.